The number of aliphatic carboxylic acids is 1. The van der Waals surface area contributed by atoms with Crippen molar-refractivity contribution in [1.29, 1.82) is 0 Å². The Kier molecular flexibility index (Phi) is 5.59. The van der Waals surface area contributed by atoms with Crippen LogP contribution >= 0.6 is 0 Å². The summed E-state index contributed by atoms with van der Waals surface area (Å²) >= 11 is 0. The molecule has 104 valence electrons. The van der Waals surface area contributed by atoms with Crippen molar-refractivity contribution in [1.82, 2.24) is 4.90 Å². The Bertz CT molecular complexity index is 307. The Morgan fingerprint density at radius 2 is 2.17 bits per heavy atom. The number of likely N-dealkylation sites (tertiary alicyclic amines) is 1. The first-order valence-corrected chi connectivity index (χ1v) is 6.71. The number of carboxylic acids is 1. The number of hydrogen-bond acceptors (Lipinski definition) is 3. The highest BCUT2D eigenvalue weighted by molar-refractivity contribution is 5.81. The van der Waals surface area contributed by atoms with E-state index in [-0.39, 0.29) is 24.2 Å². The molecule has 3 atom stereocenters. The van der Waals surface area contributed by atoms with Crippen LogP contribution in [0.4, 0.5) is 0 Å². The van der Waals surface area contributed by atoms with Crippen molar-refractivity contribution in [3.63, 3.8) is 0 Å². The van der Waals surface area contributed by atoms with Crippen molar-refractivity contribution in [2.24, 2.45) is 17.6 Å². The zero-order valence-electron chi connectivity index (χ0n) is 11.3. The van der Waals surface area contributed by atoms with Crippen LogP contribution in [-0.2, 0) is 9.59 Å². The molecule has 1 aliphatic rings. The molecule has 1 fully saturated rings. The Labute approximate surface area is 108 Å². The van der Waals surface area contributed by atoms with Gasteiger partial charge in [-0.1, -0.05) is 13.8 Å². The molecule has 2 unspecified atom stereocenters. The molecule has 18 heavy (non-hydrogen) atoms. The van der Waals surface area contributed by atoms with Crippen molar-refractivity contribution in [3.05, 3.63) is 0 Å². The third kappa shape index (κ3) is 3.98. The van der Waals surface area contributed by atoms with Gasteiger partial charge in [-0.15, -0.1) is 0 Å². The normalized spacial score (nSPS) is 23.5. The number of nitrogens with zero attached hydrogens (tertiary/aromatic N) is 1. The highest BCUT2D eigenvalue weighted by Crippen LogP contribution is 2.26. The third-order valence-corrected chi connectivity index (χ3v) is 3.83. The summed E-state index contributed by atoms with van der Waals surface area (Å²) in [6.07, 6.45) is 2.76. The summed E-state index contributed by atoms with van der Waals surface area (Å²) in [5, 5.41) is 8.82. The van der Waals surface area contributed by atoms with Gasteiger partial charge in [0.2, 0.25) is 5.91 Å². The lowest BCUT2D eigenvalue weighted by Gasteiger charge is -2.36. The maximum atomic E-state index is 12.0. The summed E-state index contributed by atoms with van der Waals surface area (Å²) in [6, 6.07) is -0.418. The predicted molar refractivity (Wildman–Crippen MR) is 69.0 cm³/mol. The maximum absolute atomic E-state index is 12.0. The summed E-state index contributed by atoms with van der Waals surface area (Å²) in [5.41, 5.74) is 5.76. The molecule has 1 rings (SSSR count). The van der Waals surface area contributed by atoms with E-state index >= 15 is 0 Å². The lowest BCUT2D eigenvalue weighted by molar-refractivity contribution is -0.138. The second-order valence-corrected chi connectivity index (χ2v) is 5.28. The van der Waals surface area contributed by atoms with Crippen LogP contribution in [0.5, 0.6) is 0 Å². The smallest absolute Gasteiger partial charge is 0.303 e. The van der Waals surface area contributed by atoms with E-state index in [4.69, 9.17) is 10.8 Å². The molecule has 0 aromatic heterocycles. The van der Waals surface area contributed by atoms with Gasteiger partial charge < -0.3 is 15.7 Å². The number of carbonyl (C=O) groups excluding carboxylic acids is 1. The second kappa shape index (κ2) is 6.73. The van der Waals surface area contributed by atoms with Crippen LogP contribution in [0, 0.1) is 11.8 Å². The molecule has 0 aliphatic carbocycles. The van der Waals surface area contributed by atoms with Crippen molar-refractivity contribution < 1.29 is 14.7 Å². The number of piperidine rings is 1. The van der Waals surface area contributed by atoms with Gasteiger partial charge in [0.25, 0.3) is 0 Å². The topological polar surface area (TPSA) is 83.6 Å². The molecule has 1 aliphatic heterocycles. The van der Waals surface area contributed by atoms with Gasteiger partial charge in [-0.05, 0) is 31.1 Å². The minimum atomic E-state index is -0.767. The summed E-state index contributed by atoms with van der Waals surface area (Å²) < 4.78 is 0. The molecular formula is C13H24N2O3. The molecular weight excluding hydrogens is 232 g/mol. The Morgan fingerprint density at radius 3 is 2.72 bits per heavy atom. The number of hydrogen-bond donors (Lipinski definition) is 2. The molecule has 0 radical (unpaired) electrons. The highest BCUT2D eigenvalue weighted by Gasteiger charge is 2.29. The second-order valence-electron chi connectivity index (χ2n) is 5.28. The van der Waals surface area contributed by atoms with Gasteiger partial charge in [0.1, 0.15) is 0 Å². The van der Waals surface area contributed by atoms with Crippen molar-refractivity contribution >= 4 is 11.9 Å². The van der Waals surface area contributed by atoms with Gasteiger partial charge >= 0.3 is 5.97 Å². The molecule has 5 nitrogen and oxygen atoms in total. The summed E-state index contributed by atoms with van der Waals surface area (Å²) in [7, 11) is 0. The van der Waals surface area contributed by atoms with E-state index in [0.717, 1.165) is 19.4 Å². The van der Waals surface area contributed by atoms with Crippen LogP contribution < -0.4 is 5.73 Å². The zero-order chi connectivity index (χ0) is 13.7. The van der Waals surface area contributed by atoms with Crippen molar-refractivity contribution in [3.8, 4) is 0 Å². The average Bonchev–Trinajstić information content (AvgIpc) is 2.36. The van der Waals surface area contributed by atoms with E-state index in [9.17, 15) is 9.59 Å². The molecule has 1 saturated heterocycles. The minimum absolute atomic E-state index is 0.00438. The summed E-state index contributed by atoms with van der Waals surface area (Å²) in [6.45, 7) is 5.26. The lowest BCUT2D eigenvalue weighted by atomic mass is 9.84. The zero-order valence-corrected chi connectivity index (χ0v) is 11.3. The van der Waals surface area contributed by atoms with Crippen LogP contribution in [0.1, 0.15) is 39.5 Å². The number of carboxylic acid groups (broad SMARTS) is 1. The minimum Gasteiger partial charge on any atom is -0.481 e. The molecule has 0 aromatic rings. The molecule has 1 heterocycles. The lowest BCUT2D eigenvalue weighted by Crippen LogP contribution is -2.48. The Morgan fingerprint density at radius 1 is 1.50 bits per heavy atom. The van der Waals surface area contributed by atoms with Gasteiger partial charge in [-0.3, -0.25) is 9.59 Å². The first kappa shape index (κ1) is 15.0. The van der Waals surface area contributed by atoms with Gasteiger partial charge in [0.15, 0.2) is 0 Å². The molecule has 1 amide bonds. The fraction of sp³-hybridized carbons (Fsp3) is 0.846. The van der Waals surface area contributed by atoms with E-state index in [2.05, 4.69) is 0 Å². The predicted octanol–water partition coefficient (Wildman–Crippen LogP) is 1.07. The molecule has 0 spiro atoms. The molecule has 5 heteroatoms. The SMILES string of the molecule is CC[C@H](N)C(=O)N1CCCC(C(C)CC(=O)O)C1. The fourth-order valence-electron chi connectivity index (χ4n) is 2.53. The monoisotopic (exact) mass is 256 g/mol. The van der Waals surface area contributed by atoms with Crippen LogP contribution in [0.25, 0.3) is 0 Å². The molecule has 0 aromatic carbocycles. The first-order chi connectivity index (χ1) is 8.45. The standard InChI is InChI=1S/C13H24N2O3/c1-3-11(14)13(18)15-6-4-5-10(8-15)9(2)7-12(16)17/h9-11H,3-8,14H2,1-2H3,(H,16,17)/t9?,10?,11-/m0/s1. The van der Waals surface area contributed by atoms with Crippen LogP contribution in [0.15, 0.2) is 0 Å². The number of carbonyl (C=O) groups is 2. The Hall–Kier alpha value is -1.10. The number of rotatable bonds is 5. The van der Waals surface area contributed by atoms with Gasteiger partial charge in [-0.2, -0.15) is 0 Å². The number of nitrogens with two attached hydrogens (primary N) is 1. The average molecular weight is 256 g/mol. The van der Waals surface area contributed by atoms with Gasteiger partial charge in [0.05, 0.1) is 6.04 Å². The molecule has 0 saturated carbocycles. The first-order valence-electron chi connectivity index (χ1n) is 6.71. The van der Waals surface area contributed by atoms with E-state index in [0.29, 0.717) is 13.0 Å². The largest absolute Gasteiger partial charge is 0.481 e. The molecule has 3 N–H and O–H groups in total. The van der Waals surface area contributed by atoms with Gasteiger partial charge in [-0.25, -0.2) is 0 Å². The fourth-order valence-corrected chi connectivity index (χ4v) is 2.53. The van der Waals surface area contributed by atoms with Crippen LogP contribution in [0.2, 0.25) is 0 Å². The maximum Gasteiger partial charge on any atom is 0.303 e. The van der Waals surface area contributed by atoms with E-state index in [1.165, 1.54) is 0 Å². The van der Waals surface area contributed by atoms with Crippen LogP contribution in [0.3, 0.4) is 0 Å². The van der Waals surface area contributed by atoms with Crippen molar-refractivity contribution in [2.75, 3.05) is 13.1 Å². The highest BCUT2D eigenvalue weighted by atomic mass is 16.4. The van der Waals surface area contributed by atoms with Gasteiger partial charge in [0, 0.05) is 19.5 Å². The van der Waals surface area contributed by atoms with Crippen molar-refractivity contribution in [2.45, 2.75) is 45.6 Å². The summed E-state index contributed by atoms with van der Waals surface area (Å²) in [4.78, 5) is 24.5. The van der Waals surface area contributed by atoms with E-state index < -0.39 is 12.0 Å². The summed E-state index contributed by atoms with van der Waals surface area (Å²) in [5.74, 6) is -0.375. The van der Waals surface area contributed by atoms with E-state index in [1.54, 1.807) is 4.90 Å². The van der Waals surface area contributed by atoms with E-state index in [1.807, 2.05) is 13.8 Å². The molecule has 0 bridgehead atoms. The number of amides is 1. The Balaban J connectivity index is 2.55. The quantitative estimate of drug-likeness (QED) is 0.770. The third-order valence-electron chi connectivity index (χ3n) is 3.83. The van der Waals surface area contributed by atoms with Crippen LogP contribution in [-0.4, -0.2) is 41.0 Å².